The minimum atomic E-state index is -0.104. The number of hydrogen-bond acceptors (Lipinski definition) is 6. The number of nitrogens with one attached hydrogen (secondary N) is 2. The third kappa shape index (κ3) is 7.98. The summed E-state index contributed by atoms with van der Waals surface area (Å²) in [7, 11) is 0. The maximum absolute atomic E-state index is 12.2. The average Bonchev–Trinajstić information content (AvgIpc) is 3.30. The van der Waals surface area contributed by atoms with Crippen molar-refractivity contribution in [2.45, 2.75) is 19.5 Å². The summed E-state index contributed by atoms with van der Waals surface area (Å²) in [5, 5.41) is 8.66. The van der Waals surface area contributed by atoms with Gasteiger partial charge in [0.15, 0.2) is 5.11 Å². The number of thiophene rings is 1. The molecule has 0 spiro atoms. The lowest BCUT2D eigenvalue weighted by molar-refractivity contribution is -0.120. The number of thiocarbonyl (C=S) groups is 1. The zero-order valence-electron chi connectivity index (χ0n) is 17.1. The van der Waals surface area contributed by atoms with Gasteiger partial charge < -0.3 is 20.3 Å². The molecule has 1 aliphatic rings. The smallest absolute Gasteiger partial charge is 0.239 e. The van der Waals surface area contributed by atoms with E-state index in [1.165, 1.54) is 4.88 Å². The molecule has 2 aromatic rings. The van der Waals surface area contributed by atoms with Crippen LogP contribution in [0.4, 0.5) is 0 Å². The Morgan fingerprint density at radius 3 is 2.83 bits per heavy atom. The van der Waals surface area contributed by atoms with Crippen LogP contribution in [-0.4, -0.2) is 71.7 Å². The van der Waals surface area contributed by atoms with Crippen molar-refractivity contribution in [1.29, 1.82) is 0 Å². The molecule has 0 radical (unpaired) electrons. The van der Waals surface area contributed by atoms with E-state index in [1.54, 1.807) is 17.5 Å². The molecule has 1 saturated heterocycles. The van der Waals surface area contributed by atoms with Crippen molar-refractivity contribution in [2.75, 3.05) is 45.9 Å². The first-order valence-electron chi connectivity index (χ1n) is 10.2. The standard InChI is InChI=1S/C21H29N5O2S2/c27-20(23-15-18-5-1-2-7-22-18)16-24-21(29)26(17-19-6-3-14-30-19)9-4-8-25-10-12-28-13-11-25/h1-3,5-7,14H,4,8-13,15-17H2,(H,23,27)(H,24,29). The van der Waals surface area contributed by atoms with Crippen molar-refractivity contribution >= 4 is 34.6 Å². The fourth-order valence-corrected chi connectivity index (χ4v) is 4.12. The van der Waals surface area contributed by atoms with Gasteiger partial charge in [0.05, 0.1) is 38.5 Å². The predicted octanol–water partition coefficient (Wildman–Crippen LogP) is 1.86. The van der Waals surface area contributed by atoms with E-state index in [9.17, 15) is 4.79 Å². The average molecular weight is 448 g/mol. The number of hydrogen-bond donors (Lipinski definition) is 2. The predicted molar refractivity (Wildman–Crippen MR) is 123 cm³/mol. The first kappa shape index (κ1) is 22.6. The number of morpholine rings is 1. The Bertz CT molecular complexity index is 767. The fraction of sp³-hybridized carbons (Fsp3) is 0.476. The Hall–Kier alpha value is -2.07. The van der Waals surface area contributed by atoms with E-state index < -0.39 is 0 Å². The molecule has 1 fully saturated rings. The molecule has 30 heavy (non-hydrogen) atoms. The van der Waals surface area contributed by atoms with E-state index in [-0.39, 0.29) is 12.5 Å². The number of pyridine rings is 1. The lowest BCUT2D eigenvalue weighted by Crippen LogP contribution is -2.45. The maximum atomic E-state index is 12.2. The van der Waals surface area contributed by atoms with Gasteiger partial charge in [-0.2, -0.15) is 0 Å². The van der Waals surface area contributed by atoms with E-state index in [4.69, 9.17) is 17.0 Å². The minimum Gasteiger partial charge on any atom is -0.379 e. The van der Waals surface area contributed by atoms with Crippen LogP contribution in [0, 0.1) is 0 Å². The molecule has 2 N–H and O–H groups in total. The number of carbonyl (C=O) groups is 1. The largest absolute Gasteiger partial charge is 0.379 e. The van der Waals surface area contributed by atoms with Crippen molar-refractivity contribution in [3.63, 3.8) is 0 Å². The molecule has 0 unspecified atom stereocenters. The number of aromatic nitrogens is 1. The summed E-state index contributed by atoms with van der Waals surface area (Å²) < 4.78 is 5.41. The third-order valence-corrected chi connectivity index (χ3v) is 6.08. The van der Waals surface area contributed by atoms with Gasteiger partial charge in [0.1, 0.15) is 0 Å². The highest BCUT2D eigenvalue weighted by molar-refractivity contribution is 7.80. The van der Waals surface area contributed by atoms with Crippen LogP contribution >= 0.6 is 23.6 Å². The Morgan fingerprint density at radius 2 is 2.10 bits per heavy atom. The summed E-state index contributed by atoms with van der Waals surface area (Å²) in [6.07, 6.45) is 2.73. The molecule has 1 amide bonds. The quantitative estimate of drug-likeness (QED) is 0.539. The second-order valence-electron chi connectivity index (χ2n) is 7.06. The van der Waals surface area contributed by atoms with E-state index in [1.807, 2.05) is 24.3 Å². The molecular formula is C21H29N5O2S2. The van der Waals surface area contributed by atoms with Crippen LogP contribution < -0.4 is 10.6 Å². The SMILES string of the molecule is O=C(CNC(=S)N(CCCN1CCOCC1)Cc1cccs1)NCc1ccccn1. The lowest BCUT2D eigenvalue weighted by Gasteiger charge is -2.29. The van der Waals surface area contributed by atoms with Crippen molar-refractivity contribution < 1.29 is 9.53 Å². The van der Waals surface area contributed by atoms with Gasteiger partial charge in [-0.05, 0) is 42.2 Å². The van der Waals surface area contributed by atoms with Crippen LogP contribution in [0.5, 0.6) is 0 Å². The topological polar surface area (TPSA) is 69.7 Å². The van der Waals surface area contributed by atoms with Gasteiger partial charge in [0, 0.05) is 37.3 Å². The molecule has 0 aromatic carbocycles. The first-order chi connectivity index (χ1) is 14.7. The van der Waals surface area contributed by atoms with Gasteiger partial charge in [0.25, 0.3) is 0 Å². The fourth-order valence-electron chi connectivity index (χ4n) is 3.18. The number of amides is 1. The molecule has 0 aliphatic carbocycles. The van der Waals surface area contributed by atoms with Crippen LogP contribution in [0.1, 0.15) is 17.0 Å². The van der Waals surface area contributed by atoms with E-state index in [0.717, 1.165) is 58.1 Å². The molecule has 9 heteroatoms. The molecule has 0 saturated carbocycles. The zero-order chi connectivity index (χ0) is 21.0. The molecule has 3 rings (SSSR count). The van der Waals surface area contributed by atoms with Gasteiger partial charge in [-0.1, -0.05) is 12.1 Å². The monoisotopic (exact) mass is 447 g/mol. The number of rotatable bonds is 10. The van der Waals surface area contributed by atoms with E-state index >= 15 is 0 Å². The Morgan fingerprint density at radius 1 is 1.23 bits per heavy atom. The molecule has 162 valence electrons. The molecule has 7 nitrogen and oxygen atoms in total. The molecule has 0 atom stereocenters. The molecule has 1 aliphatic heterocycles. The number of carbonyl (C=O) groups excluding carboxylic acids is 1. The summed E-state index contributed by atoms with van der Waals surface area (Å²) in [5.41, 5.74) is 0.830. The first-order valence-corrected chi connectivity index (χ1v) is 11.5. The second-order valence-corrected chi connectivity index (χ2v) is 8.48. The van der Waals surface area contributed by atoms with Crippen molar-refractivity contribution in [2.24, 2.45) is 0 Å². The third-order valence-electron chi connectivity index (χ3n) is 4.81. The zero-order valence-corrected chi connectivity index (χ0v) is 18.7. The van der Waals surface area contributed by atoms with Gasteiger partial charge >= 0.3 is 0 Å². The summed E-state index contributed by atoms with van der Waals surface area (Å²) in [5.74, 6) is -0.104. The van der Waals surface area contributed by atoms with Crippen molar-refractivity contribution in [3.05, 3.63) is 52.5 Å². The lowest BCUT2D eigenvalue weighted by atomic mass is 10.3. The van der Waals surface area contributed by atoms with E-state index in [0.29, 0.717) is 11.7 Å². The summed E-state index contributed by atoms with van der Waals surface area (Å²) in [4.78, 5) is 22.2. The summed E-state index contributed by atoms with van der Waals surface area (Å²) in [6, 6.07) is 9.80. The molecular weight excluding hydrogens is 418 g/mol. The highest BCUT2D eigenvalue weighted by atomic mass is 32.1. The summed E-state index contributed by atoms with van der Waals surface area (Å²) in [6.45, 7) is 6.78. The Labute approximate surface area is 187 Å². The second kappa shape index (κ2) is 12.6. The highest BCUT2D eigenvalue weighted by Crippen LogP contribution is 2.13. The maximum Gasteiger partial charge on any atom is 0.239 e. The van der Waals surface area contributed by atoms with Crippen LogP contribution in [0.2, 0.25) is 0 Å². The molecule has 2 aromatic heterocycles. The van der Waals surface area contributed by atoms with Crippen LogP contribution in [-0.2, 0) is 22.6 Å². The van der Waals surface area contributed by atoms with Crippen molar-refractivity contribution in [3.8, 4) is 0 Å². The van der Waals surface area contributed by atoms with Crippen LogP contribution in [0.3, 0.4) is 0 Å². The number of ether oxygens (including phenoxy) is 1. The normalized spacial score (nSPS) is 14.3. The minimum absolute atomic E-state index is 0.104. The van der Waals surface area contributed by atoms with Crippen molar-refractivity contribution in [1.82, 2.24) is 25.4 Å². The van der Waals surface area contributed by atoms with E-state index in [2.05, 4.69) is 36.9 Å². The van der Waals surface area contributed by atoms with Gasteiger partial charge in [-0.3, -0.25) is 14.7 Å². The Balaban J connectivity index is 1.43. The van der Waals surface area contributed by atoms with Crippen LogP contribution in [0.15, 0.2) is 41.9 Å². The summed E-state index contributed by atoms with van der Waals surface area (Å²) >= 11 is 7.33. The Kier molecular flexibility index (Phi) is 9.49. The molecule has 0 bridgehead atoms. The highest BCUT2D eigenvalue weighted by Gasteiger charge is 2.14. The van der Waals surface area contributed by atoms with Gasteiger partial charge in [0.2, 0.25) is 5.91 Å². The van der Waals surface area contributed by atoms with Gasteiger partial charge in [-0.25, -0.2) is 0 Å². The van der Waals surface area contributed by atoms with Crippen LogP contribution in [0.25, 0.3) is 0 Å². The van der Waals surface area contributed by atoms with Gasteiger partial charge in [-0.15, -0.1) is 11.3 Å². The molecule has 3 heterocycles. The number of nitrogens with zero attached hydrogens (tertiary/aromatic N) is 3.